The number of benzene rings is 1. The van der Waals surface area contributed by atoms with E-state index in [-0.39, 0.29) is 5.41 Å². The van der Waals surface area contributed by atoms with Crippen molar-refractivity contribution in [3.8, 4) is 5.75 Å². The highest BCUT2D eigenvalue weighted by Crippen LogP contribution is 2.32. The SMILES string of the molecule is CNC(C)CC(C)(C)c1ccc(OC)cc1C. The largest absolute Gasteiger partial charge is 0.497 e. The molecule has 2 nitrogen and oxygen atoms in total. The minimum atomic E-state index is 0.179. The third kappa shape index (κ3) is 3.47. The van der Waals surface area contributed by atoms with Crippen molar-refractivity contribution in [1.82, 2.24) is 5.32 Å². The van der Waals surface area contributed by atoms with E-state index in [1.54, 1.807) is 7.11 Å². The summed E-state index contributed by atoms with van der Waals surface area (Å²) in [5.41, 5.74) is 2.89. The van der Waals surface area contributed by atoms with Crippen molar-refractivity contribution in [3.05, 3.63) is 29.3 Å². The molecule has 0 aliphatic heterocycles. The first kappa shape index (κ1) is 14.0. The Bertz CT molecular complexity index is 371. The molecule has 0 amide bonds. The van der Waals surface area contributed by atoms with E-state index >= 15 is 0 Å². The topological polar surface area (TPSA) is 21.3 Å². The number of aryl methyl sites for hydroxylation is 1. The number of methoxy groups -OCH3 is 1. The Labute approximate surface area is 105 Å². The molecule has 0 bridgehead atoms. The Balaban J connectivity index is 2.98. The molecular weight excluding hydrogens is 210 g/mol. The summed E-state index contributed by atoms with van der Waals surface area (Å²) in [7, 11) is 3.73. The van der Waals surface area contributed by atoms with Crippen LogP contribution in [0.2, 0.25) is 0 Å². The second-order valence-corrected chi connectivity index (χ2v) is 5.46. The van der Waals surface area contributed by atoms with E-state index in [0.717, 1.165) is 12.2 Å². The van der Waals surface area contributed by atoms with E-state index in [4.69, 9.17) is 4.74 Å². The number of ether oxygens (including phenoxy) is 1. The van der Waals surface area contributed by atoms with Crippen molar-refractivity contribution in [2.75, 3.05) is 14.2 Å². The fourth-order valence-electron chi connectivity index (χ4n) is 2.50. The van der Waals surface area contributed by atoms with Gasteiger partial charge in [-0.3, -0.25) is 0 Å². The van der Waals surface area contributed by atoms with Crippen molar-refractivity contribution < 1.29 is 4.74 Å². The van der Waals surface area contributed by atoms with Gasteiger partial charge in [0.05, 0.1) is 7.11 Å². The summed E-state index contributed by atoms with van der Waals surface area (Å²) >= 11 is 0. The predicted octanol–water partition coefficient (Wildman–Crippen LogP) is 3.28. The molecule has 1 atom stereocenters. The first-order chi connectivity index (χ1) is 7.90. The molecule has 1 N–H and O–H groups in total. The molecule has 2 heteroatoms. The molecule has 1 rings (SSSR count). The normalized spacial score (nSPS) is 13.5. The van der Waals surface area contributed by atoms with Crippen LogP contribution in [-0.2, 0) is 5.41 Å². The van der Waals surface area contributed by atoms with Gasteiger partial charge in [-0.25, -0.2) is 0 Å². The van der Waals surface area contributed by atoms with Gasteiger partial charge < -0.3 is 10.1 Å². The standard InChI is InChI=1S/C15H25NO/c1-11-9-13(17-6)7-8-14(11)15(3,4)10-12(2)16-5/h7-9,12,16H,10H2,1-6H3. The summed E-state index contributed by atoms with van der Waals surface area (Å²) in [6, 6.07) is 6.87. The van der Waals surface area contributed by atoms with Crippen LogP contribution in [0.15, 0.2) is 18.2 Å². The molecule has 1 unspecified atom stereocenters. The molecule has 0 aliphatic carbocycles. The first-order valence-electron chi connectivity index (χ1n) is 6.23. The molecule has 1 aromatic rings. The zero-order valence-electron chi connectivity index (χ0n) is 11.9. The molecule has 0 saturated heterocycles. The van der Waals surface area contributed by atoms with Crippen molar-refractivity contribution in [2.45, 2.75) is 45.6 Å². The third-order valence-electron chi connectivity index (χ3n) is 3.47. The Morgan fingerprint density at radius 1 is 1.35 bits per heavy atom. The van der Waals surface area contributed by atoms with Gasteiger partial charge in [-0.1, -0.05) is 19.9 Å². The van der Waals surface area contributed by atoms with Crippen molar-refractivity contribution in [3.63, 3.8) is 0 Å². The molecule has 0 fully saturated rings. The number of rotatable bonds is 5. The zero-order valence-corrected chi connectivity index (χ0v) is 11.9. The van der Waals surface area contributed by atoms with Crippen LogP contribution in [0.25, 0.3) is 0 Å². The van der Waals surface area contributed by atoms with E-state index in [1.165, 1.54) is 11.1 Å². The van der Waals surface area contributed by atoms with Crippen molar-refractivity contribution >= 4 is 0 Å². The fraction of sp³-hybridized carbons (Fsp3) is 0.600. The minimum Gasteiger partial charge on any atom is -0.497 e. The van der Waals surface area contributed by atoms with Crippen LogP contribution in [0, 0.1) is 6.92 Å². The lowest BCUT2D eigenvalue weighted by atomic mass is 9.77. The average molecular weight is 235 g/mol. The van der Waals surface area contributed by atoms with E-state index in [9.17, 15) is 0 Å². The maximum Gasteiger partial charge on any atom is 0.119 e. The predicted molar refractivity (Wildman–Crippen MR) is 73.9 cm³/mol. The summed E-state index contributed by atoms with van der Waals surface area (Å²) in [6.07, 6.45) is 1.12. The maximum atomic E-state index is 5.25. The second kappa shape index (κ2) is 5.54. The van der Waals surface area contributed by atoms with E-state index in [1.807, 2.05) is 13.1 Å². The highest BCUT2D eigenvalue weighted by atomic mass is 16.5. The quantitative estimate of drug-likeness (QED) is 0.845. The van der Waals surface area contributed by atoms with Crippen LogP contribution in [0.3, 0.4) is 0 Å². The summed E-state index contributed by atoms with van der Waals surface area (Å²) in [5, 5.41) is 3.31. The maximum absolute atomic E-state index is 5.25. The molecule has 17 heavy (non-hydrogen) atoms. The van der Waals surface area contributed by atoms with Crippen LogP contribution < -0.4 is 10.1 Å². The summed E-state index contributed by atoms with van der Waals surface area (Å²) in [6.45, 7) is 8.98. The molecule has 0 aliphatic rings. The Morgan fingerprint density at radius 3 is 2.47 bits per heavy atom. The lowest BCUT2D eigenvalue weighted by molar-refractivity contribution is 0.399. The van der Waals surface area contributed by atoms with Gasteiger partial charge in [0, 0.05) is 6.04 Å². The molecular formula is C15H25NO. The van der Waals surface area contributed by atoms with E-state index in [2.05, 4.69) is 45.1 Å². The van der Waals surface area contributed by atoms with Gasteiger partial charge in [0.15, 0.2) is 0 Å². The van der Waals surface area contributed by atoms with Gasteiger partial charge in [0.2, 0.25) is 0 Å². The molecule has 0 radical (unpaired) electrons. The highest BCUT2D eigenvalue weighted by molar-refractivity contribution is 5.38. The second-order valence-electron chi connectivity index (χ2n) is 5.46. The molecule has 1 aromatic carbocycles. The Kier molecular flexibility index (Phi) is 4.58. The van der Waals surface area contributed by atoms with Crippen molar-refractivity contribution in [2.24, 2.45) is 0 Å². The van der Waals surface area contributed by atoms with Gasteiger partial charge >= 0.3 is 0 Å². The number of hydrogen-bond acceptors (Lipinski definition) is 2. The molecule has 96 valence electrons. The average Bonchev–Trinajstić information content (AvgIpc) is 2.27. The van der Waals surface area contributed by atoms with Crippen LogP contribution in [0.4, 0.5) is 0 Å². The molecule has 0 spiro atoms. The third-order valence-corrected chi connectivity index (χ3v) is 3.47. The van der Waals surface area contributed by atoms with E-state index < -0.39 is 0 Å². The molecule has 0 heterocycles. The lowest BCUT2D eigenvalue weighted by Crippen LogP contribution is -2.31. The van der Waals surface area contributed by atoms with Gasteiger partial charge in [-0.15, -0.1) is 0 Å². The smallest absolute Gasteiger partial charge is 0.119 e. The van der Waals surface area contributed by atoms with Crippen LogP contribution >= 0.6 is 0 Å². The Morgan fingerprint density at radius 2 is 2.00 bits per heavy atom. The molecule has 0 saturated carbocycles. The van der Waals surface area contributed by atoms with Gasteiger partial charge in [-0.2, -0.15) is 0 Å². The minimum absolute atomic E-state index is 0.179. The fourth-order valence-corrected chi connectivity index (χ4v) is 2.50. The highest BCUT2D eigenvalue weighted by Gasteiger charge is 2.24. The van der Waals surface area contributed by atoms with Crippen molar-refractivity contribution in [1.29, 1.82) is 0 Å². The Hall–Kier alpha value is -1.02. The van der Waals surface area contributed by atoms with Gasteiger partial charge in [-0.05, 0) is 56.0 Å². The van der Waals surface area contributed by atoms with E-state index in [0.29, 0.717) is 6.04 Å². The number of hydrogen-bond donors (Lipinski definition) is 1. The van der Waals surface area contributed by atoms with Gasteiger partial charge in [0.1, 0.15) is 5.75 Å². The van der Waals surface area contributed by atoms with Crippen LogP contribution in [0.1, 0.15) is 38.3 Å². The number of nitrogens with one attached hydrogen (secondary N) is 1. The summed E-state index contributed by atoms with van der Waals surface area (Å²) in [4.78, 5) is 0. The summed E-state index contributed by atoms with van der Waals surface area (Å²) < 4.78 is 5.25. The van der Waals surface area contributed by atoms with Gasteiger partial charge in [0.25, 0.3) is 0 Å². The summed E-state index contributed by atoms with van der Waals surface area (Å²) in [5.74, 6) is 0.934. The first-order valence-corrected chi connectivity index (χ1v) is 6.23. The molecule has 0 aromatic heterocycles. The lowest BCUT2D eigenvalue weighted by Gasteiger charge is -2.30. The zero-order chi connectivity index (χ0) is 13.1. The van der Waals surface area contributed by atoms with Crippen LogP contribution in [-0.4, -0.2) is 20.2 Å². The van der Waals surface area contributed by atoms with Crippen LogP contribution in [0.5, 0.6) is 5.75 Å². The monoisotopic (exact) mass is 235 g/mol.